The predicted molar refractivity (Wildman–Crippen MR) is 76.8 cm³/mol. The SMILES string of the molecule is Cc1c(CN)cc(Cl)cc1S(=O)(=O)NN1CCOCC1. The first kappa shape index (κ1) is 15.7. The molecule has 1 fully saturated rings. The Balaban J connectivity index is 2.31. The summed E-state index contributed by atoms with van der Waals surface area (Å²) in [7, 11) is -3.67. The van der Waals surface area contributed by atoms with Gasteiger partial charge in [0.2, 0.25) is 0 Å². The second kappa shape index (κ2) is 6.38. The third-order valence-corrected chi connectivity index (χ3v) is 4.92. The molecule has 2 rings (SSSR count). The van der Waals surface area contributed by atoms with Crippen molar-refractivity contribution in [2.45, 2.75) is 18.4 Å². The number of benzene rings is 1. The van der Waals surface area contributed by atoms with E-state index >= 15 is 0 Å². The van der Waals surface area contributed by atoms with E-state index in [-0.39, 0.29) is 11.4 Å². The van der Waals surface area contributed by atoms with Gasteiger partial charge in [-0.25, -0.2) is 13.4 Å². The lowest BCUT2D eigenvalue weighted by Crippen LogP contribution is -2.48. The number of sulfonamides is 1. The van der Waals surface area contributed by atoms with Crippen LogP contribution in [0.2, 0.25) is 5.02 Å². The van der Waals surface area contributed by atoms with Crippen molar-refractivity contribution in [1.29, 1.82) is 0 Å². The maximum Gasteiger partial charge on any atom is 0.253 e. The van der Waals surface area contributed by atoms with Gasteiger partial charge in [-0.1, -0.05) is 11.6 Å². The molecule has 20 heavy (non-hydrogen) atoms. The number of nitrogens with zero attached hydrogens (tertiary/aromatic N) is 1. The van der Waals surface area contributed by atoms with Crippen LogP contribution in [0.5, 0.6) is 0 Å². The zero-order valence-electron chi connectivity index (χ0n) is 11.2. The second-order valence-electron chi connectivity index (χ2n) is 4.59. The highest BCUT2D eigenvalue weighted by atomic mass is 35.5. The third kappa shape index (κ3) is 3.49. The van der Waals surface area contributed by atoms with Crippen LogP contribution in [0.4, 0.5) is 0 Å². The number of rotatable bonds is 4. The predicted octanol–water partition coefficient (Wildman–Crippen LogP) is 0.633. The minimum Gasteiger partial charge on any atom is -0.379 e. The lowest BCUT2D eigenvalue weighted by molar-refractivity contribution is 0.0272. The van der Waals surface area contributed by atoms with E-state index in [0.29, 0.717) is 36.9 Å². The Morgan fingerprint density at radius 3 is 2.65 bits per heavy atom. The third-order valence-electron chi connectivity index (χ3n) is 3.20. The molecule has 8 heteroatoms. The summed E-state index contributed by atoms with van der Waals surface area (Å²) >= 11 is 5.97. The maximum atomic E-state index is 12.4. The fraction of sp³-hybridized carbons (Fsp3) is 0.500. The van der Waals surface area contributed by atoms with Crippen LogP contribution in [-0.2, 0) is 21.3 Å². The molecular formula is C12H18ClN3O3S. The minimum absolute atomic E-state index is 0.164. The van der Waals surface area contributed by atoms with Crippen molar-refractivity contribution in [3.05, 3.63) is 28.3 Å². The smallest absolute Gasteiger partial charge is 0.253 e. The molecule has 0 atom stereocenters. The molecule has 1 aliphatic heterocycles. The highest BCUT2D eigenvalue weighted by Crippen LogP contribution is 2.24. The number of hydrazine groups is 1. The molecule has 0 spiro atoms. The summed E-state index contributed by atoms with van der Waals surface area (Å²) in [5.74, 6) is 0. The van der Waals surface area contributed by atoms with E-state index in [4.69, 9.17) is 22.1 Å². The van der Waals surface area contributed by atoms with Gasteiger partial charge in [0.05, 0.1) is 18.1 Å². The zero-order valence-corrected chi connectivity index (χ0v) is 12.8. The quantitative estimate of drug-likeness (QED) is 0.850. The van der Waals surface area contributed by atoms with Gasteiger partial charge in [0.15, 0.2) is 0 Å². The fourth-order valence-corrected chi connectivity index (χ4v) is 3.82. The van der Waals surface area contributed by atoms with Crippen molar-refractivity contribution >= 4 is 21.6 Å². The summed E-state index contributed by atoms with van der Waals surface area (Å²) in [4.78, 5) is 2.72. The largest absolute Gasteiger partial charge is 0.379 e. The van der Waals surface area contributed by atoms with Crippen molar-refractivity contribution in [1.82, 2.24) is 9.84 Å². The van der Waals surface area contributed by atoms with Gasteiger partial charge < -0.3 is 10.5 Å². The van der Waals surface area contributed by atoms with Gasteiger partial charge >= 0.3 is 0 Å². The molecule has 1 aliphatic rings. The van der Waals surface area contributed by atoms with Gasteiger partial charge in [0.1, 0.15) is 0 Å². The van der Waals surface area contributed by atoms with Crippen molar-refractivity contribution in [3.8, 4) is 0 Å². The van der Waals surface area contributed by atoms with Gasteiger partial charge in [-0.05, 0) is 30.2 Å². The summed E-state index contributed by atoms with van der Waals surface area (Å²) in [6.07, 6.45) is 0. The van der Waals surface area contributed by atoms with Gasteiger partial charge in [0.25, 0.3) is 10.0 Å². The van der Waals surface area contributed by atoms with Gasteiger partial charge in [-0.3, -0.25) is 0 Å². The molecule has 1 aromatic rings. The first-order chi connectivity index (χ1) is 9.44. The minimum atomic E-state index is -3.67. The van der Waals surface area contributed by atoms with Crippen molar-refractivity contribution in [3.63, 3.8) is 0 Å². The van der Waals surface area contributed by atoms with Crippen LogP contribution in [0.3, 0.4) is 0 Å². The Bertz CT molecular complexity index is 586. The summed E-state index contributed by atoms with van der Waals surface area (Å²) < 4.78 is 30.1. The van der Waals surface area contributed by atoms with E-state index in [1.807, 2.05) is 0 Å². The summed E-state index contributed by atoms with van der Waals surface area (Å²) in [6.45, 7) is 4.01. The maximum absolute atomic E-state index is 12.4. The molecule has 0 bridgehead atoms. The number of nitrogens with one attached hydrogen (secondary N) is 1. The molecule has 0 saturated carbocycles. The van der Waals surface area contributed by atoms with Crippen LogP contribution in [0, 0.1) is 6.92 Å². The van der Waals surface area contributed by atoms with Crippen LogP contribution in [0.25, 0.3) is 0 Å². The summed E-state index contributed by atoms with van der Waals surface area (Å²) in [6, 6.07) is 3.13. The van der Waals surface area contributed by atoms with Gasteiger partial charge in [-0.2, -0.15) is 0 Å². The molecule has 1 saturated heterocycles. The van der Waals surface area contributed by atoms with Crippen LogP contribution < -0.4 is 10.6 Å². The molecule has 0 radical (unpaired) electrons. The second-order valence-corrected chi connectivity index (χ2v) is 6.65. The Hall–Kier alpha value is -0.700. The van der Waals surface area contributed by atoms with Crippen LogP contribution in [-0.4, -0.2) is 39.7 Å². The monoisotopic (exact) mass is 319 g/mol. The standard InChI is InChI=1S/C12H18ClN3O3S/c1-9-10(8-14)6-11(13)7-12(9)20(17,18)15-16-2-4-19-5-3-16/h6-7,15H,2-5,8,14H2,1H3. The molecule has 0 amide bonds. The summed E-state index contributed by atoms with van der Waals surface area (Å²) in [5, 5.41) is 1.99. The van der Waals surface area contributed by atoms with E-state index in [0.717, 1.165) is 5.56 Å². The van der Waals surface area contributed by atoms with Crippen LogP contribution >= 0.6 is 11.6 Å². The van der Waals surface area contributed by atoms with Crippen molar-refractivity contribution in [2.75, 3.05) is 26.3 Å². The van der Waals surface area contributed by atoms with E-state index in [9.17, 15) is 8.42 Å². The molecule has 1 heterocycles. The Morgan fingerprint density at radius 1 is 1.40 bits per heavy atom. The lowest BCUT2D eigenvalue weighted by atomic mass is 10.1. The number of hydrogen-bond donors (Lipinski definition) is 2. The van der Waals surface area contributed by atoms with E-state index in [2.05, 4.69) is 4.83 Å². The molecule has 0 unspecified atom stereocenters. The van der Waals surface area contributed by atoms with E-state index in [1.54, 1.807) is 18.0 Å². The first-order valence-electron chi connectivity index (χ1n) is 6.28. The molecule has 6 nitrogen and oxygen atoms in total. The molecule has 3 N–H and O–H groups in total. The number of morpholine rings is 1. The molecule has 0 aliphatic carbocycles. The highest BCUT2D eigenvalue weighted by Gasteiger charge is 2.23. The number of halogens is 1. The molecule has 0 aromatic heterocycles. The van der Waals surface area contributed by atoms with Gasteiger partial charge in [0, 0.05) is 24.7 Å². The number of ether oxygens (including phenoxy) is 1. The number of hydrogen-bond acceptors (Lipinski definition) is 5. The first-order valence-corrected chi connectivity index (χ1v) is 8.14. The van der Waals surface area contributed by atoms with E-state index < -0.39 is 10.0 Å². The molecule has 112 valence electrons. The fourth-order valence-electron chi connectivity index (χ4n) is 2.07. The Morgan fingerprint density at radius 2 is 2.05 bits per heavy atom. The highest BCUT2D eigenvalue weighted by molar-refractivity contribution is 7.89. The average Bonchev–Trinajstić information content (AvgIpc) is 2.41. The lowest BCUT2D eigenvalue weighted by Gasteiger charge is -2.27. The van der Waals surface area contributed by atoms with E-state index in [1.165, 1.54) is 6.07 Å². The molecule has 1 aromatic carbocycles. The van der Waals surface area contributed by atoms with Crippen LogP contribution in [0.1, 0.15) is 11.1 Å². The Kier molecular flexibility index (Phi) is 5.00. The Labute approximate surface area is 123 Å². The van der Waals surface area contributed by atoms with Gasteiger partial charge in [-0.15, -0.1) is 4.83 Å². The van der Waals surface area contributed by atoms with Crippen molar-refractivity contribution in [2.24, 2.45) is 5.73 Å². The summed E-state index contributed by atoms with van der Waals surface area (Å²) in [5.41, 5.74) is 6.96. The number of nitrogens with two attached hydrogens (primary N) is 1. The average molecular weight is 320 g/mol. The normalized spacial score (nSPS) is 17.4. The zero-order chi connectivity index (χ0) is 14.8. The van der Waals surface area contributed by atoms with Crippen LogP contribution in [0.15, 0.2) is 17.0 Å². The van der Waals surface area contributed by atoms with Crippen molar-refractivity contribution < 1.29 is 13.2 Å². The topological polar surface area (TPSA) is 84.7 Å². The molecular weight excluding hydrogens is 302 g/mol.